The lowest BCUT2D eigenvalue weighted by atomic mass is 9.59. The van der Waals surface area contributed by atoms with Crippen LogP contribution in [0, 0.1) is 5.92 Å². The molecule has 0 saturated heterocycles. The normalized spacial score (nSPS) is 24.8. The van der Waals surface area contributed by atoms with Gasteiger partial charge in [-0.2, -0.15) is 0 Å². The molecule has 118 valence electrons. The lowest BCUT2D eigenvalue weighted by Crippen LogP contribution is -2.43. The molecule has 0 bridgehead atoms. The van der Waals surface area contributed by atoms with E-state index in [2.05, 4.69) is 18.7 Å². The summed E-state index contributed by atoms with van der Waals surface area (Å²) in [6, 6.07) is 5.58. The quantitative estimate of drug-likeness (QED) is 0.806. The fourth-order valence-corrected chi connectivity index (χ4v) is 4.34. The molecule has 1 aromatic heterocycles. The third-order valence-corrected chi connectivity index (χ3v) is 5.13. The average molecular weight is 309 g/mol. The highest BCUT2D eigenvalue weighted by Crippen LogP contribution is 2.54. The number of ketones is 1. The Morgan fingerprint density at radius 3 is 3.09 bits per heavy atom. The van der Waals surface area contributed by atoms with Crippen molar-refractivity contribution in [3.05, 3.63) is 47.7 Å². The molecular weight excluding hydrogens is 290 g/mol. The van der Waals surface area contributed by atoms with Crippen molar-refractivity contribution in [1.29, 1.82) is 0 Å². The Hall–Kier alpha value is -2.36. The molecule has 0 radical (unpaired) electrons. The van der Waals surface area contributed by atoms with Crippen LogP contribution in [0.2, 0.25) is 0 Å². The number of rotatable bonds is 3. The summed E-state index contributed by atoms with van der Waals surface area (Å²) >= 11 is 0. The molecule has 1 heterocycles. The number of Topliss-reactive ketones (excluding diaryl/α,β-unsaturated/α-hetero) is 1. The summed E-state index contributed by atoms with van der Waals surface area (Å²) in [6.07, 6.45) is 4.06. The second kappa shape index (κ2) is 4.82. The molecule has 1 aromatic carbocycles. The van der Waals surface area contributed by atoms with E-state index in [9.17, 15) is 4.79 Å². The second-order valence-electron chi connectivity index (χ2n) is 6.63. The van der Waals surface area contributed by atoms with E-state index in [0.717, 1.165) is 35.4 Å². The summed E-state index contributed by atoms with van der Waals surface area (Å²) < 4.78 is 11.1. The summed E-state index contributed by atoms with van der Waals surface area (Å²) in [5, 5.41) is 4.32. The zero-order chi connectivity index (χ0) is 16.2. The van der Waals surface area contributed by atoms with Gasteiger partial charge in [0.2, 0.25) is 0 Å². The fraction of sp³-hybridized carbons (Fsp3) is 0.368. The van der Waals surface area contributed by atoms with Gasteiger partial charge in [-0.15, -0.1) is 6.58 Å². The van der Waals surface area contributed by atoms with Gasteiger partial charge in [0.15, 0.2) is 5.78 Å². The van der Waals surface area contributed by atoms with Gasteiger partial charge in [-0.3, -0.25) is 4.79 Å². The SMILES string of the molecule is C=CC[C@]12C[C@@H](C)Cc3onc(c31)-c1c(OC)cccc1C2=O. The van der Waals surface area contributed by atoms with Crippen LogP contribution in [0.1, 0.15) is 41.4 Å². The van der Waals surface area contributed by atoms with Crippen LogP contribution in [0.25, 0.3) is 11.3 Å². The summed E-state index contributed by atoms with van der Waals surface area (Å²) in [7, 11) is 1.61. The van der Waals surface area contributed by atoms with Crippen molar-refractivity contribution in [2.24, 2.45) is 5.92 Å². The van der Waals surface area contributed by atoms with Crippen molar-refractivity contribution in [1.82, 2.24) is 5.16 Å². The predicted molar refractivity (Wildman–Crippen MR) is 86.8 cm³/mol. The monoisotopic (exact) mass is 309 g/mol. The van der Waals surface area contributed by atoms with Gasteiger partial charge in [0, 0.05) is 17.5 Å². The molecule has 4 rings (SSSR count). The molecule has 0 N–H and O–H groups in total. The molecule has 4 nitrogen and oxygen atoms in total. The maximum atomic E-state index is 13.4. The van der Waals surface area contributed by atoms with Crippen molar-refractivity contribution in [2.75, 3.05) is 7.11 Å². The van der Waals surface area contributed by atoms with Gasteiger partial charge < -0.3 is 9.26 Å². The topological polar surface area (TPSA) is 52.3 Å². The summed E-state index contributed by atoms with van der Waals surface area (Å²) in [4.78, 5) is 13.4. The summed E-state index contributed by atoms with van der Waals surface area (Å²) in [6.45, 7) is 6.04. The Morgan fingerprint density at radius 2 is 2.35 bits per heavy atom. The van der Waals surface area contributed by atoms with Crippen LogP contribution in [0.3, 0.4) is 0 Å². The van der Waals surface area contributed by atoms with Gasteiger partial charge in [-0.1, -0.05) is 30.3 Å². The average Bonchev–Trinajstić information content (AvgIpc) is 2.96. The molecule has 0 unspecified atom stereocenters. The van der Waals surface area contributed by atoms with Crippen molar-refractivity contribution >= 4 is 5.78 Å². The number of hydrogen-bond acceptors (Lipinski definition) is 4. The predicted octanol–water partition coefficient (Wildman–Crippen LogP) is 3.94. The minimum Gasteiger partial charge on any atom is -0.496 e. The first-order chi connectivity index (χ1) is 11.1. The van der Waals surface area contributed by atoms with E-state index < -0.39 is 5.41 Å². The molecule has 23 heavy (non-hydrogen) atoms. The molecular formula is C19H19NO3. The van der Waals surface area contributed by atoms with Crippen molar-refractivity contribution in [2.45, 2.75) is 31.6 Å². The number of allylic oxidation sites excluding steroid dienone is 1. The second-order valence-corrected chi connectivity index (χ2v) is 6.63. The number of ether oxygens (including phenoxy) is 1. The van der Waals surface area contributed by atoms with Gasteiger partial charge in [0.25, 0.3) is 0 Å². The largest absolute Gasteiger partial charge is 0.496 e. The standard InChI is InChI=1S/C19H19NO3/c1-4-8-19-10-11(2)9-14-16(19)17(20-23-14)15-12(18(19)21)6-5-7-13(15)22-3/h4-7,11H,1,8-10H2,2-3H3/t11-,19-/m0/s1. The Kier molecular flexibility index (Phi) is 2.98. The van der Waals surface area contributed by atoms with E-state index >= 15 is 0 Å². The van der Waals surface area contributed by atoms with E-state index in [-0.39, 0.29) is 5.78 Å². The van der Waals surface area contributed by atoms with Crippen molar-refractivity contribution < 1.29 is 14.1 Å². The van der Waals surface area contributed by atoms with E-state index in [4.69, 9.17) is 9.26 Å². The lowest BCUT2D eigenvalue weighted by molar-refractivity contribution is 0.0839. The molecule has 0 spiro atoms. The smallest absolute Gasteiger partial charge is 0.174 e. The number of fused-ring (bicyclic) bond motifs is 2. The first-order valence-electron chi connectivity index (χ1n) is 7.94. The van der Waals surface area contributed by atoms with Crippen LogP contribution in [0.4, 0.5) is 0 Å². The van der Waals surface area contributed by atoms with Gasteiger partial charge in [0.05, 0.1) is 18.1 Å². The van der Waals surface area contributed by atoms with Crippen LogP contribution in [0.15, 0.2) is 35.4 Å². The molecule has 0 saturated carbocycles. The minimum absolute atomic E-state index is 0.134. The molecule has 4 heteroatoms. The van der Waals surface area contributed by atoms with E-state index in [1.54, 1.807) is 7.11 Å². The summed E-state index contributed by atoms with van der Waals surface area (Å²) in [5.74, 6) is 2.01. The molecule has 2 aliphatic carbocycles. The first-order valence-corrected chi connectivity index (χ1v) is 7.94. The van der Waals surface area contributed by atoms with Crippen LogP contribution >= 0.6 is 0 Å². The molecule has 2 atom stereocenters. The zero-order valence-electron chi connectivity index (χ0n) is 13.4. The highest BCUT2D eigenvalue weighted by Gasteiger charge is 2.52. The number of methoxy groups -OCH3 is 1. The van der Waals surface area contributed by atoms with Gasteiger partial charge >= 0.3 is 0 Å². The Labute approximate surface area is 135 Å². The third kappa shape index (κ3) is 1.72. The Morgan fingerprint density at radius 1 is 1.52 bits per heavy atom. The maximum Gasteiger partial charge on any atom is 0.174 e. The van der Waals surface area contributed by atoms with Crippen LogP contribution in [-0.2, 0) is 11.8 Å². The summed E-state index contributed by atoms with van der Waals surface area (Å²) in [5.41, 5.74) is 2.56. The Balaban J connectivity index is 2.08. The lowest BCUT2D eigenvalue weighted by Gasteiger charge is -2.40. The van der Waals surface area contributed by atoms with Gasteiger partial charge in [0.1, 0.15) is 17.2 Å². The molecule has 2 aliphatic rings. The highest BCUT2D eigenvalue weighted by molar-refractivity contribution is 6.13. The van der Waals surface area contributed by atoms with E-state index in [0.29, 0.717) is 23.7 Å². The van der Waals surface area contributed by atoms with Crippen molar-refractivity contribution in [3.63, 3.8) is 0 Å². The fourth-order valence-electron chi connectivity index (χ4n) is 4.34. The number of nitrogens with zero attached hydrogens (tertiary/aromatic N) is 1. The number of benzene rings is 1. The maximum absolute atomic E-state index is 13.4. The van der Waals surface area contributed by atoms with Crippen LogP contribution < -0.4 is 4.74 Å². The minimum atomic E-state index is -0.594. The van der Waals surface area contributed by atoms with Crippen LogP contribution in [0.5, 0.6) is 5.75 Å². The number of carbonyl (C=O) groups excluding carboxylic acids is 1. The third-order valence-electron chi connectivity index (χ3n) is 5.13. The van der Waals surface area contributed by atoms with Crippen LogP contribution in [-0.4, -0.2) is 18.0 Å². The first kappa shape index (κ1) is 14.2. The number of aromatic nitrogens is 1. The number of hydrogen-bond donors (Lipinski definition) is 0. The van der Waals surface area contributed by atoms with Gasteiger partial charge in [-0.25, -0.2) is 0 Å². The number of carbonyl (C=O) groups is 1. The molecule has 0 fully saturated rings. The molecule has 0 aliphatic heterocycles. The molecule has 2 aromatic rings. The zero-order valence-corrected chi connectivity index (χ0v) is 13.4. The van der Waals surface area contributed by atoms with Crippen molar-refractivity contribution in [3.8, 4) is 17.0 Å². The van der Waals surface area contributed by atoms with E-state index in [1.165, 1.54) is 0 Å². The molecule has 0 amide bonds. The highest BCUT2D eigenvalue weighted by atomic mass is 16.5. The Bertz CT molecular complexity index is 820. The van der Waals surface area contributed by atoms with E-state index in [1.807, 2.05) is 24.3 Å². The van der Waals surface area contributed by atoms with Gasteiger partial charge in [-0.05, 0) is 24.8 Å².